The van der Waals surface area contributed by atoms with Gasteiger partial charge in [-0.3, -0.25) is 0 Å². The summed E-state index contributed by atoms with van der Waals surface area (Å²) in [6.45, 7) is 5.49. The van der Waals surface area contributed by atoms with Gasteiger partial charge in [-0.05, 0) is 18.1 Å². The Morgan fingerprint density at radius 3 is 3.00 bits per heavy atom. The van der Waals surface area contributed by atoms with E-state index in [0.717, 1.165) is 12.0 Å². The van der Waals surface area contributed by atoms with Crippen molar-refractivity contribution in [2.45, 2.75) is 13.3 Å². The Bertz CT molecular complexity index is 268. The van der Waals surface area contributed by atoms with Crippen LogP contribution >= 0.6 is 0 Å². The summed E-state index contributed by atoms with van der Waals surface area (Å²) in [6, 6.07) is 1.76. The Hall–Kier alpha value is -1.18. The number of halogens is 1. The van der Waals surface area contributed by atoms with Gasteiger partial charge in [0.15, 0.2) is 0 Å². The van der Waals surface area contributed by atoms with E-state index in [2.05, 4.69) is 11.6 Å². The molecule has 0 radical (unpaired) electrons. The third-order valence-electron chi connectivity index (χ3n) is 1.55. The number of hydrogen-bond donors (Lipinski definition) is 0. The molecule has 1 nitrogen and oxygen atoms in total. The Morgan fingerprint density at radius 1 is 1.73 bits per heavy atom. The quantitative estimate of drug-likeness (QED) is 0.591. The second-order valence-electron chi connectivity index (χ2n) is 2.28. The highest BCUT2D eigenvalue weighted by atomic mass is 19.1. The maximum Gasteiger partial charge on any atom is 0.220 e. The summed E-state index contributed by atoms with van der Waals surface area (Å²) in [5.41, 5.74) is 1.51. The van der Waals surface area contributed by atoms with E-state index in [1.807, 2.05) is 6.92 Å². The van der Waals surface area contributed by atoms with Crippen LogP contribution in [0.15, 0.2) is 18.8 Å². The molecule has 0 atom stereocenters. The summed E-state index contributed by atoms with van der Waals surface area (Å²) >= 11 is 0. The lowest BCUT2D eigenvalue weighted by molar-refractivity contribution is 0.579. The monoisotopic (exact) mass is 151 g/mol. The van der Waals surface area contributed by atoms with E-state index in [-0.39, 0.29) is 0 Å². The minimum absolute atomic E-state index is 0.447. The van der Waals surface area contributed by atoms with Crippen LogP contribution < -0.4 is 0 Å². The normalized spacial score (nSPS) is 9.64. The van der Waals surface area contributed by atoms with Crippen molar-refractivity contribution in [1.82, 2.24) is 4.98 Å². The Kier molecular flexibility index (Phi) is 2.36. The zero-order valence-electron chi connectivity index (χ0n) is 6.47. The predicted octanol–water partition coefficient (Wildman–Crippen LogP) is 2.43. The van der Waals surface area contributed by atoms with Crippen LogP contribution in [0.3, 0.4) is 0 Å². The standard InChI is InChI=1S/C9H10FN/c1-3-7-5-8(4-2)9(10)11-6-7/h4-6H,2-3H2,1H3. The molecule has 0 unspecified atom stereocenters. The lowest BCUT2D eigenvalue weighted by atomic mass is 10.1. The van der Waals surface area contributed by atoms with Gasteiger partial charge in [0.1, 0.15) is 0 Å². The highest BCUT2D eigenvalue weighted by Gasteiger charge is 1.99. The van der Waals surface area contributed by atoms with Gasteiger partial charge < -0.3 is 0 Å². The van der Waals surface area contributed by atoms with Crippen molar-refractivity contribution in [3.8, 4) is 0 Å². The van der Waals surface area contributed by atoms with Gasteiger partial charge in [0.05, 0.1) is 0 Å². The van der Waals surface area contributed by atoms with Crippen molar-refractivity contribution in [3.05, 3.63) is 35.9 Å². The first kappa shape index (κ1) is 7.92. The summed E-state index contributed by atoms with van der Waals surface area (Å²) in [5, 5.41) is 0. The summed E-state index contributed by atoms with van der Waals surface area (Å²) in [6.07, 6.45) is 3.89. The van der Waals surface area contributed by atoms with Gasteiger partial charge in [-0.1, -0.05) is 19.6 Å². The fourth-order valence-corrected chi connectivity index (χ4v) is 0.847. The third kappa shape index (κ3) is 1.64. The van der Waals surface area contributed by atoms with Crippen molar-refractivity contribution in [3.63, 3.8) is 0 Å². The van der Waals surface area contributed by atoms with Gasteiger partial charge in [-0.15, -0.1) is 0 Å². The second kappa shape index (κ2) is 3.28. The van der Waals surface area contributed by atoms with Crippen molar-refractivity contribution in [2.75, 3.05) is 0 Å². The van der Waals surface area contributed by atoms with Crippen molar-refractivity contribution in [1.29, 1.82) is 0 Å². The Labute approximate surface area is 65.6 Å². The minimum Gasteiger partial charge on any atom is -0.228 e. The van der Waals surface area contributed by atoms with Gasteiger partial charge in [0.25, 0.3) is 0 Å². The smallest absolute Gasteiger partial charge is 0.220 e. The summed E-state index contributed by atoms with van der Waals surface area (Å²) < 4.78 is 12.7. The number of aromatic nitrogens is 1. The third-order valence-corrected chi connectivity index (χ3v) is 1.55. The molecule has 1 heterocycles. The zero-order valence-corrected chi connectivity index (χ0v) is 6.47. The fourth-order valence-electron chi connectivity index (χ4n) is 0.847. The molecule has 0 aromatic carbocycles. The summed E-state index contributed by atoms with van der Waals surface area (Å²) in [4.78, 5) is 3.58. The number of hydrogen-bond acceptors (Lipinski definition) is 1. The highest BCUT2D eigenvalue weighted by molar-refractivity contribution is 5.46. The molecule has 0 saturated heterocycles. The van der Waals surface area contributed by atoms with E-state index in [0.29, 0.717) is 5.56 Å². The molecule has 0 N–H and O–H groups in total. The Balaban J connectivity index is 3.12. The number of rotatable bonds is 2. The van der Waals surface area contributed by atoms with E-state index in [1.165, 1.54) is 6.08 Å². The summed E-state index contributed by atoms with van der Waals surface area (Å²) in [5.74, 6) is -0.447. The average Bonchev–Trinajstić information content (AvgIpc) is 2.05. The lowest BCUT2D eigenvalue weighted by Crippen LogP contribution is -1.90. The van der Waals surface area contributed by atoms with Crippen LogP contribution in [-0.4, -0.2) is 4.98 Å². The van der Waals surface area contributed by atoms with Crippen molar-refractivity contribution < 1.29 is 4.39 Å². The molecule has 1 aromatic rings. The van der Waals surface area contributed by atoms with Crippen LogP contribution in [0, 0.1) is 5.95 Å². The minimum atomic E-state index is -0.447. The number of pyridine rings is 1. The largest absolute Gasteiger partial charge is 0.228 e. The molecule has 58 valence electrons. The molecule has 0 saturated carbocycles. The molecule has 2 heteroatoms. The molecule has 0 spiro atoms. The predicted molar refractivity (Wildman–Crippen MR) is 43.7 cm³/mol. The van der Waals surface area contributed by atoms with Crippen LogP contribution in [0.1, 0.15) is 18.1 Å². The molecule has 0 bridgehead atoms. The molecule has 1 aromatic heterocycles. The van der Waals surface area contributed by atoms with E-state index in [1.54, 1.807) is 12.3 Å². The van der Waals surface area contributed by atoms with Gasteiger partial charge in [-0.25, -0.2) is 4.98 Å². The van der Waals surface area contributed by atoms with Crippen LogP contribution in [0.2, 0.25) is 0 Å². The first-order valence-electron chi connectivity index (χ1n) is 3.54. The van der Waals surface area contributed by atoms with Crippen LogP contribution in [0.5, 0.6) is 0 Å². The van der Waals surface area contributed by atoms with Gasteiger partial charge in [0, 0.05) is 11.8 Å². The summed E-state index contributed by atoms with van der Waals surface area (Å²) in [7, 11) is 0. The molecular weight excluding hydrogens is 141 g/mol. The van der Waals surface area contributed by atoms with E-state index >= 15 is 0 Å². The van der Waals surface area contributed by atoms with Crippen molar-refractivity contribution in [2.24, 2.45) is 0 Å². The lowest BCUT2D eigenvalue weighted by Gasteiger charge is -1.98. The average molecular weight is 151 g/mol. The molecule has 1 rings (SSSR count). The molecule has 0 aliphatic carbocycles. The first-order chi connectivity index (χ1) is 5.27. The number of nitrogens with zero attached hydrogens (tertiary/aromatic N) is 1. The van der Waals surface area contributed by atoms with Crippen molar-refractivity contribution >= 4 is 6.08 Å². The Morgan fingerprint density at radius 2 is 2.45 bits per heavy atom. The molecule has 11 heavy (non-hydrogen) atoms. The van der Waals surface area contributed by atoms with Gasteiger partial charge >= 0.3 is 0 Å². The van der Waals surface area contributed by atoms with Gasteiger partial charge in [-0.2, -0.15) is 4.39 Å². The highest BCUT2D eigenvalue weighted by Crippen LogP contribution is 2.08. The maximum atomic E-state index is 12.7. The first-order valence-corrected chi connectivity index (χ1v) is 3.54. The number of aryl methyl sites for hydroxylation is 1. The molecule has 0 fully saturated rings. The molecular formula is C9H10FN. The second-order valence-corrected chi connectivity index (χ2v) is 2.28. The van der Waals surface area contributed by atoms with E-state index in [9.17, 15) is 4.39 Å². The van der Waals surface area contributed by atoms with Crippen LogP contribution in [0.4, 0.5) is 4.39 Å². The van der Waals surface area contributed by atoms with Crippen LogP contribution in [-0.2, 0) is 6.42 Å². The molecule has 0 aliphatic heterocycles. The molecule has 0 amide bonds. The van der Waals surface area contributed by atoms with E-state index in [4.69, 9.17) is 0 Å². The molecule has 0 aliphatic rings. The fraction of sp³-hybridized carbons (Fsp3) is 0.222. The SMILES string of the molecule is C=Cc1cc(CC)cnc1F. The topological polar surface area (TPSA) is 12.9 Å². The van der Waals surface area contributed by atoms with Gasteiger partial charge in [0.2, 0.25) is 5.95 Å². The maximum absolute atomic E-state index is 12.7. The van der Waals surface area contributed by atoms with E-state index < -0.39 is 5.95 Å². The zero-order chi connectivity index (χ0) is 8.27. The van der Waals surface area contributed by atoms with Crippen LogP contribution in [0.25, 0.3) is 6.08 Å².